The molecule has 1 N–H and O–H groups in total. The second-order valence-corrected chi connectivity index (χ2v) is 5.33. The average Bonchev–Trinajstić information content (AvgIpc) is 2.92. The first-order valence-electron chi connectivity index (χ1n) is 6.18. The molecule has 4 nitrogen and oxygen atoms in total. The molecule has 0 fully saturated rings. The predicted molar refractivity (Wildman–Crippen MR) is 80.7 cm³/mol. The second-order valence-electron chi connectivity index (χ2n) is 4.48. The zero-order valence-electron chi connectivity index (χ0n) is 10.8. The number of aromatic nitrogens is 2. The molecule has 0 atom stereocenters. The van der Waals surface area contributed by atoms with Gasteiger partial charge in [-0.2, -0.15) is 4.98 Å². The Hall–Kier alpha value is -2.04. The Labute approximate surface area is 130 Å². The van der Waals surface area contributed by atoms with E-state index in [0.717, 1.165) is 5.56 Å². The van der Waals surface area contributed by atoms with Gasteiger partial charge < -0.3 is 9.63 Å². The van der Waals surface area contributed by atoms with Crippen molar-refractivity contribution >= 4 is 23.2 Å². The lowest BCUT2D eigenvalue weighted by molar-refractivity contribution is 0.423. The maximum Gasteiger partial charge on any atom is 0.259 e. The Morgan fingerprint density at radius 2 is 1.81 bits per heavy atom. The van der Waals surface area contributed by atoms with Crippen molar-refractivity contribution in [3.63, 3.8) is 0 Å². The molecule has 1 aromatic heterocycles. The third-order valence-corrected chi connectivity index (χ3v) is 3.51. The van der Waals surface area contributed by atoms with Gasteiger partial charge >= 0.3 is 0 Å². The fraction of sp³-hybridized carbons (Fsp3) is 0.0667. The average molecular weight is 321 g/mol. The van der Waals surface area contributed by atoms with E-state index in [4.69, 9.17) is 27.7 Å². The van der Waals surface area contributed by atoms with Crippen molar-refractivity contribution < 1.29 is 9.63 Å². The number of hydrogen-bond acceptors (Lipinski definition) is 4. The summed E-state index contributed by atoms with van der Waals surface area (Å²) in [4.78, 5) is 4.29. The number of halogens is 2. The first-order valence-corrected chi connectivity index (χ1v) is 6.93. The van der Waals surface area contributed by atoms with E-state index < -0.39 is 0 Å². The van der Waals surface area contributed by atoms with Gasteiger partial charge in [0.1, 0.15) is 5.75 Å². The topological polar surface area (TPSA) is 59.2 Å². The maximum atomic E-state index is 9.51. The predicted octanol–water partition coefficient (Wildman–Crippen LogP) is 4.34. The minimum atomic E-state index is 0.0897. The van der Waals surface area contributed by atoms with Crippen LogP contribution in [-0.2, 0) is 6.42 Å². The van der Waals surface area contributed by atoms with Crippen LogP contribution < -0.4 is 0 Å². The van der Waals surface area contributed by atoms with Crippen LogP contribution in [0.25, 0.3) is 11.5 Å². The molecule has 3 rings (SSSR count). The third kappa shape index (κ3) is 3.17. The summed E-state index contributed by atoms with van der Waals surface area (Å²) in [6, 6.07) is 12.0. The summed E-state index contributed by atoms with van der Waals surface area (Å²) in [5.41, 5.74) is 1.53. The number of benzene rings is 2. The van der Waals surface area contributed by atoms with Crippen molar-refractivity contribution in [1.29, 1.82) is 0 Å². The van der Waals surface area contributed by atoms with Gasteiger partial charge in [-0.25, -0.2) is 0 Å². The molecule has 0 bridgehead atoms. The smallest absolute Gasteiger partial charge is 0.259 e. The Bertz CT molecular complexity index is 770. The lowest BCUT2D eigenvalue weighted by Gasteiger charge is -1.99. The van der Waals surface area contributed by atoms with Crippen molar-refractivity contribution in [2.75, 3.05) is 0 Å². The van der Waals surface area contributed by atoms with Gasteiger partial charge in [-0.05, 0) is 35.9 Å². The maximum absolute atomic E-state index is 9.51. The summed E-state index contributed by atoms with van der Waals surface area (Å²) in [6.07, 6.45) is 0.525. The molecule has 0 amide bonds. The van der Waals surface area contributed by atoms with Crippen LogP contribution in [-0.4, -0.2) is 15.2 Å². The molecule has 0 spiro atoms. The minimum absolute atomic E-state index is 0.0897. The normalized spacial score (nSPS) is 10.8. The summed E-state index contributed by atoms with van der Waals surface area (Å²) in [5.74, 6) is 0.901. The highest BCUT2D eigenvalue weighted by atomic mass is 35.5. The van der Waals surface area contributed by atoms with Gasteiger partial charge in [0.25, 0.3) is 5.89 Å². The lowest BCUT2D eigenvalue weighted by atomic mass is 10.1. The SMILES string of the molecule is Oc1ccc(Cl)c(-c2nc(Cc3ccc(Cl)cc3)no2)c1. The van der Waals surface area contributed by atoms with Crippen molar-refractivity contribution in [2.45, 2.75) is 6.42 Å². The molecule has 2 aromatic carbocycles. The highest BCUT2D eigenvalue weighted by Gasteiger charge is 2.13. The Kier molecular flexibility index (Phi) is 3.82. The molecule has 21 heavy (non-hydrogen) atoms. The van der Waals surface area contributed by atoms with Gasteiger partial charge in [-0.15, -0.1) is 0 Å². The molecule has 3 aromatic rings. The summed E-state index contributed by atoms with van der Waals surface area (Å²) in [6.45, 7) is 0. The Morgan fingerprint density at radius 3 is 2.57 bits per heavy atom. The third-order valence-electron chi connectivity index (χ3n) is 2.92. The van der Waals surface area contributed by atoms with E-state index in [1.54, 1.807) is 6.07 Å². The summed E-state index contributed by atoms with van der Waals surface area (Å²) < 4.78 is 5.20. The molecule has 0 aliphatic carbocycles. The number of hydrogen-bond donors (Lipinski definition) is 1. The van der Waals surface area contributed by atoms with E-state index in [1.165, 1.54) is 12.1 Å². The quantitative estimate of drug-likeness (QED) is 0.779. The van der Waals surface area contributed by atoms with Crippen LogP contribution >= 0.6 is 23.2 Å². The van der Waals surface area contributed by atoms with Gasteiger partial charge in [0.2, 0.25) is 0 Å². The molecule has 0 saturated heterocycles. The molecule has 0 unspecified atom stereocenters. The number of nitrogens with zero attached hydrogens (tertiary/aromatic N) is 2. The molecular formula is C15H10Cl2N2O2. The van der Waals surface area contributed by atoms with Gasteiger partial charge in [0, 0.05) is 11.4 Å². The molecular weight excluding hydrogens is 311 g/mol. The summed E-state index contributed by atoms with van der Waals surface area (Å²) >= 11 is 11.9. The lowest BCUT2D eigenvalue weighted by Crippen LogP contribution is -1.90. The number of phenolic OH excluding ortho intramolecular Hbond substituents is 1. The summed E-state index contributed by atoms with van der Waals surface area (Å²) in [7, 11) is 0. The van der Waals surface area contributed by atoms with Gasteiger partial charge in [0.15, 0.2) is 5.82 Å². The molecule has 1 heterocycles. The highest BCUT2D eigenvalue weighted by molar-refractivity contribution is 6.33. The van der Waals surface area contributed by atoms with Crippen LogP contribution in [0, 0.1) is 0 Å². The first kappa shape index (κ1) is 13.9. The van der Waals surface area contributed by atoms with Crippen LogP contribution in [0.3, 0.4) is 0 Å². The van der Waals surface area contributed by atoms with Crippen molar-refractivity contribution in [3.8, 4) is 17.2 Å². The largest absolute Gasteiger partial charge is 0.508 e. The van der Waals surface area contributed by atoms with Crippen LogP contribution in [0.4, 0.5) is 0 Å². The van der Waals surface area contributed by atoms with Gasteiger partial charge in [-0.3, -0.25) is 0 Å². The fourth-order valence-corrected chi connectivity index (χ4v) is 2.22. The van der Waals surface area contributed by atoms with E-state index in [-0.39, 0.29) is 11.6 Å². The van der Waals surface area contributed by atoms with Crippen LogP contribution in [0.15, 0.2) is 47.0 Å². The molecule has 106 valence electrons. The minimum Gasteiger partial charge on any atom is -0.508 e. The van der Waals surface area contributed by atoms with E-state index in [2.05, 4.69) is 10.1 Å². The zero-order chi connectivity index (χ0) is 14.8. The molecule has 0 aliphatic heterocycles. The van der Waals surface area contributed by atoms with Crippen LogP contribution in [0.1, 0.15) is 11.4 Å². The van der Waals surface area contributed by atoms with Crippen LogP contribution in [0.2, 0.25) is 10.0 Å². The second kappa shape index (κ2) is 5.76. The number of aromatic hydroxyl groups is 1. The monoisotopic (exact) mass is 320 g/mol. The number of rotatable bonds is 3. The highest BCUT2D eigenvalue weighted by Crippen LogP contribution is 2.30. The van der Waals surface area contributed by atoms with Gasteiger partial charge in [-0.1, -0.05) is 40.5 Å². The molecule has 0 aliphatic rings. The van der Waals surface area contributed by atoms with E-state index in [1.807, 2.05) is 24.3 Å². The van der Waals surface area contributed by atoms with Crippen molar-refractivity contribution in [1.82, 2.24) is 10.1 Å². The summed E-state index contributed by atoms with van der Waals surface area (Å²) in [5, 5.41) is 14.5. The van der Waals surface area contributed by atoms with E-state index in [0.29, 0.717) is 27.9 Å². The molecule has 6 heteroatoms. The molecule has 0 radical (unpaired) electrons. The Morgan fingerprint density at radius 1 is 1.05 bits per heavy atom. The Balaban J connectivity index is 1.86. The zero-order valence-corrected chi connectivity index (χ0v) is 12.3. The fourth-order valence-electron chi connectivity index (χ4n) is 1.90. The molecule has 0 saturated carbocycles. The van der Waals surface area contributed by atoms with Gasteiger partial charge in [0.05, 0.1) is 10.6 Å². The first-order chi connectivity index (χ1) is 10.1. The van der Waals surface area contributed by atoms with Crippen molar-refractivity contribution in [2.24, 2.45) is 0 Å². The van der Waals surface area contributed by atoms with E-state index >= 15 is 0 Å². The standard InChI is InChI=1S/C15H10Cl2N2O2/c16-10-3-1-9(2-4-10)7-14-18-15(21-19-14)12-8-11(20)5-6-13(12)17/h1-6,8,20H,7H2. The number of phenols is 1. The van der Waals surface area contributed by atoms with Crippen molar-refractivity contribution in [3.05, 3.63) is 63.9 Å². The van der Waals surface area contributed by atoms with Crippen LogP contribution in [0.5, 0.6) is 5.75 Å². The van der Waals surface area contributed by atoms with E-state index in [9.17, 15) is 5.11 Å².